The minimum absolute atomic E-state index is 0.0276. The quantitative estimate of drug-likeness (QED) is 0.0462. The molecule has 0 spiro atoms. The van der Waals surface area contributed by atoms with Crippen molar-refractivity contribution in [3.8, 4) is 22.4 Å². The lowest BCUT2D eigenvalue weighted by Gasteiger charge is -2.35. The van der Waals surface area contributed by atoms with Crippen molar-refractivity contribution in [3.63, 3.8) is 0 Å². The van der Waals surface area contributed by atoms with Crippen molar-refractivity contribution in [2.24, 2.45) is 5.41 Å². The number of halogens is 5. The van der Waals surface area contributed by atoms with Crippen LogP contribution < -0.4 is 16.1 Å². The maximum absolute atomic E-state index is 16.0. The zero-order valence-corrected chi connectivity index (χ0v) is 38.3. The van der Waals surface area contributed by atoms with Crippen molar-refractivity contribution in [2.75, 3.05) is 13.2 Å². The minimum atomic E-state index is -2.97. The molecule has 5 aromatic rings. The summed E-state index contributed by atoms with van der Waals surface area (Å²) >= 11 is 2.14. The van der Waals surface area contributed by atoms with E-state index in [9.17, 15) is 28.3 Å². The van der Waals surface area contributed by atoms with Gasteiger partial charge in [0.2, 0.25) is 0 Å². The van der Waals surface area contributed by atoms with E-state index in [4.69, 9.17) is 9.47 Å². The van der Waals surface area contributed by atoms with E-state index in [-0.39, 0.29) is 30.2 Å². The Morgan fingerprint density at radius 1 is 0.859 bits per heavy atom. The van der Waals surface area contributed by atoms with Crippen molar-refractivity contribution >= 4 is 40.7 Å². The van der Waals surface area contributed by atoms with Crippen LogP contribution in [0.2, 0.25) is 0 Å². The third kappa shape index (κ3) is 12.2. The minimum Gasteiger partial charge on any atom is -0.449 e. The zero-order valence-electron chi connectivity index (χ0n) is 36.2. The first-order valence-corrected chi connectivity index (χ1v) is 21.6. The number of hydrogen-bond donors (Lipinski definition) is 4. The van der Waals surface area contributed by atoms with E-state index in [1.807, 2.05) is 72.8 Å². The number of aliphatic hydroxyl groups is 1. The number of alkyl halides is 2. The Hall–Kier alpha value is -5.53. The van der Waals surface area contributed by atoms with Crippen LogP contribution in [0.4, 0.5) is 27.2 Å². The van der Waals surface area contributed by atoms with Crippen LogP contribution >= 0.6 is 22.6 Å². The summed E-state index contributed by atoms with van der Waals surface area (Å²) in [5.74, 6) is -3.25. The van der Waals surface area contributed by atoms with Gasteiger partial charge >= 0.3 is 18.7 Å². The van der Waals surface area contributed by atoms with E-state index >= 15 is 8.78 Å². The monoisotopic (exact) mass is 998 g/mol. The number of benzene rings is 4. The highest BCUT2D eigenvalue weighted by atomic mass is 127. The summed E-state index contributed by atoms with van der Waals surface area (Å²) in [6.07, 6.45) is -2.15. The number of aromatic nitrogens is 2. The average Bonchev–Trinajstić information content (AvgIpc) is 3.84. The van der Waals surface area contributed by atoms with Gasteiger partial charge in [-0.3, -0.25) is 10.2 Å². The largest absolute Gasteiger partial charge is 0.449 e. The second kappa shape index (κ2) is 20.1. The van der Waals surface area contributed by atoms with Gasteiger partial charge in [0.15, 0.2) is 0 Å². The number of hydrogen-bond acceptors (Lipinski definition) is 8. The Bertz CT molecular complexity index is 2390. The highest BCUT2D eigenvalue weighted by molar-refractivity contribution is 14.1. The second-order valence-electron chi connectivity index (χ2n) is 17.7. The molecule has 340 valence electrons. The van der Waals surface area contributed by atoms with Crippen LogP contribution in [0.1, 0.15) is 76.3 Å². The molecule has 12 nitrogen and oxygen atoms in total. The lowest BCUT2D eigenvalue weighted by molar-refractivity contribution is -0.131. The van der Waals surface area contributed by atoms with Crippen molar-refractivity contribution in [3.05, 3.63) is 135 Å². The summed E-state index contributed by atoms with van der Waals surface area (Å²) in [6, 6.07) is 23.7. The van der Waals surface area contributed by atoms with Gasteiger partial charge in [-0.25, -0.2) is 28.1 Å². The van der Waals surface area contributed by atoms with Gasteiger partial charge in [0.1, 0.15) is 29.9 Å². The molecular weight excluding hydrogens is 947 g/mol. The summed E-state index contributed by atoms with van der Waals surface area (Å²) < 4.78 is 70.9. The second-order valence-corrected chi connectivity index (χ2v) is 18.9. The first-order valence-electron chi connectivity index (χ1n) is 20.6. The molecule has 0 radical (unpaired) electrons. The molecule has 64 heavy (non-hydrogen) atoms. The average molecular weight is 999 g/mol. The molecule has 17 heteroatoms. The van der Waals surface area contributed by atoms with Gasteiger partial charge in [-0.2, -0.15) is 13.9 Å². The molecule has 4 aromatic carbocycles. The molecule has 0 saturated carbocycles. The standard InChI is InChI=1S/C47H51F4IN6O6/c1-46(2,3)41(54-44(61)63-26-35-32-13-9-7-11-30(32)31-12-8-10-14-33(31)35)42(60)56-57(24-34-36(48)22-28(23-37(34)49)38-19-20-58(55-38)43(50)51)25-40(59)39(53-45(62)64-47(4,5)6)21-27-15-17-29(52)18-16-27/h7-20,22-23,35,39-41,43,59H,21,24-26H2,1-6H3,(H,53,62)(H,54,61)(H,56,60)/t39-,40-,41+/m0/s1. The zero-order chi connectivity index (χ0) is 46.5. The first-order chi connectivity index (χ1) is 30.2. The van der Waals surface area contributed by atoms with E-state index in [0.29, 0.717) is 4.68 Å². The molecule has 4 N–H and O–H groups in total. The Kier molecular flexibility index (Phi) is 15.1. The van der Waals surface area contributed by atoms with Gasteiger partial charge in [-0.05, 0) is 113 Å². The van der Waals surface area contributed by atoms with Gasteiger partial charge < -0.3 is 25.2 Å². The number of ether oxygens (including phenoxy) is 2. The number of aliphatic hydroxyl groups excluding tert-OH is 1. The van der Waals surface area contributed by atoms with Gasteiger partial charge in [0.25, 0.3) is 5.91 Å². The number of carbonyl (C=O) groups excluding carboxylic acids is 3. The number of carbonyl (C=O) groups is 3. The van der Waals surface area contributed by atoms with Crippen LogP contribution in [-0.4, -0.2) is 74.9 Å². The number of rotatable bonds is 15. The summed E-state index contributed by atoms with van der Waals surface area (Å²) in [7, 11) is 0. The van der Waals surface area contributed by atoms with E-state index < -0.39 is 84.1 Å². The highest BCUT2D eigenvalue weighted by Crippen LogP contribution is 2.44. The van der Waals surface area contributed by atoms with E-state index in [1.165, 1.54) is 6.07 Å². The van der Waals surface area contributed by atoms with Crippen LogP contribution in [0.3, 0.4) is 0 Å². The predicted octanol–water partition coefficient (Wildman–Crippen LogP) is 9.11. The molecule has 0 aliphatic heterocycles. The summed E-state index contributed by atoms with van der Waals surface area (Å²) in [4.78, 5) is 41.0. The lowest BCUT2D eigenvalue weighted by Crippen LogP contribution is -2.59. The molecule has 3 amide bonds. The van der Waals surface area contributed by atoms with E-state index in [1.54, 1.807) is 41.5 Å². The summed E-state index contributed by atoms with van der Waals surface area (Å²) in [5, 5.41) is 22.0. The molecule has 1 aliphatic rings. The topological polar surface area (TPSA) is 147 Å². The highest BCUT2D eigenvalue weighted by Gasteiger charge is 2.37. The third-order valence-corrected chi connectivity index (χ3v) is 11.3. The number of fused-ring (bicyclic) bond motifs is 3. The Balaban J connectivity index is 1.26. The van der Waals surface area contributed by atoms with Gasteiger partial charge in [-0.15, -0.1) is 0 Å². The van der Waals surface area contributed by atoms with E-state index in [2.05, 4.69) is 43.7 Å². The van der Waals surface area contributed by atoms with Crippen LogP contribution in [0.5, 0.6) is 0 Å². The van der Waals surface area contributed by atoms with Crippen LogP contribution in [0.15, 0.2) is 97.2 Å². The normalized spacial score (nSPS) is 14.1. The summed E-state index contributed by atoms with van der Waals surface area (Å²) in [5.41, 5.74) is 4.84. The molecule has 6 rings (SSSR count). The molecule has 0 bridgehead atoms. The van der Waals surface area contributed by atoms with Gasteiger partial charge in [-0.1, -0.05) is 81.4 Å². The molecule has 1 aromatic heterocycles. The number of alkyl carbamates (subject to hydrolysis) is 2. The van der Waals surface area contributed by atoms with Crippen LogP contribution in [0, 0.1) is 20.6 Å². The Morgan fingerprint density at radius 3 is 2.00 bits per heavy atom. The Labute approximate surface area is 382 Å². The molecule has 1 aliphatic carbocycles. The lowest BCUT2D eigenvalue weighted by atomic mass is 9.86. The predicted molar refractivity (Wildman–Crippen MR) is 241 cm³/mol. The molecular formula is C47H51F4IN6O6. The fourth-order valence-electron chi connectivity index (χ4n) is 7.47. The SMILES string of the molecule is CC(C)(C)OC(=O)N[C@@H](Cc1ccc(I)cc1)[C@@H](O)CN(Cc1c(F)cc(-c2ccn(C(F)F)n2)cc1F)NC(=O)[C@@H](NC(=O)OCC1c2ccccc2-c2ccccc21)C(C)(C)C. The maximum atomic E-state index is 16.0. The summed E-state index contributed by atoms with van der Waals surface area (Å²) in [6.45, 7) is 5.97. The fourth-order valence-corrected chi connectivity index (χ4v) is 7.83. The van der Waals surface area contributed by atoms with Crippen LogP contribution in [-0.2, 0) is 27.2 Å². The fraction of sp³-hybridized carbons (Fsp3) is 0.362. The van der Waals surface area contributed by atoms with Crippen molar-refractivity contribution in [1.29, 1.82) is 0 Å². The smallest absolute Gasteiger partial charge is 0.407 e. The van der Waals surface area contributed by atoms with Gasteiger partial charge in [0.05, 0.1) is 17.8 Å². The maximum Gasteiger partial charge on any atom is 0.407 e. The van der Waals surface area contributed by atoms with E-state index in [0.717, 1.165) is 54.7 Å². The number of nitrogens with one attached hydrogen (secondary N) is 3. The molecule has 1 heterocycles. The molecule has 0 saturated heterocycles. The van der Waals surface area contributed by atoms with Crippen molar-refractivity contribution < 1.29 is 46.5 Å². The molecule has 3 atom stereocenters. The van der Waals surface area contributed by atoms with Crippen molar-refractivity contribution in [2.45, 2.75) is 90.8 Å². The van der Waals surface area contributed by atoms with Crippen LogP contribution in [0.25, 0.3) is 22.4 Å². The van der Waals surface area contributed by atoms with Crippen molar-refractivity contribution in [1.82, 2.24) is 30.8 Å². The molecule has 0 unspecified atom stereocenters. The molecule has 0 fully saturated rings. The van der Waals surface area contributed by atoms with Gasteiger partial charge in [0, 0.05) is 39.9 Å². The number of hydrazine groups is 1. The Morgan fingerprint density at radius 2 is 1.45 bits per heavy atom. The first kappa shape index (κ1) is 47.9. The third-order valence-electron chi connectivity index (χ3n) is 10.5. The number of nitrogens with zero attached hydrogens (tertiary/aromatic N) is 3. The number of amides is 3.